The van der Waals surface area contributed by atoms with Crippen LogP contribution in [-0.4, -0.2) is 29.3 Å². The van der Waals surface area contributed by atoms with Crippen LogP contribution in [0, 0.1) is 5.82 Å². The smallest absolute Gasteiger partial charge is 0.242 e. The number of nitrogens with one attached hydrogen (secondary N) is 1. The fourth-order valence-corrected chi connectivity index (χ4v) is 3.04. The van der Waals surface area contributed by atoms with Gasteiger partial charge in [0.15, 0.2) is 0 Å². The van der Waals surface area contributed by atoms with Gasteiger partial charge in [-0.2, -0.15) is 0 Å². The number of benzene rings is 2. The summed E-state index contributed by atoms with van der Waals surface area (Å²) in [6, 6.07) is 10.4. The van der Waals surface area contributed by atoms with E-state index in [1.807, 2.05) is 6.92 Å². The molecule has 1 atom stereocenters. The van der Waals surface area contributed by atoms with Gasteiger partial charge in [-0.1, -0.05) is 54.4 Å². The largest absolute Gasteiger partial charge is 0.354 e. The zero-order valence-electron chi connectivity index (χ0n) is 15.8. The molecule has 0 saturated carbocycles. The molecule has 28 heavy (non-hydrogen) atoms. The van der Waals surface area contributed by atoms with Gasteiger partial charge >= 0.3 is 0 Å². The molecular weight excluding hydrogens is 402 g/mol. The molecule has 0 aromatic heterocycles. The Morgan fingerprint density at radius 2 is 1.86 bits per heavy atom. The molecule has 0 saturated heterocycles. The fraction of sp³-hybridized carbons (Fsp3) is 0.333. The lowest BCUT2D eigenvalue weighted by Gasteiger charge is -2.29. The van der Waals surface area contributed by atoms with Crippen LogP contribution in [0.4, 0.5) is 4.39 Å². The number of amides is 2. The number of carbonyl (C=O) groups excluding carboxylic acids is 2. The van der Waals surface area contributed by atoms with Crippen molar-refractivity contribution in [2.45, 2.75) is 39.3 Å². The monoisotopic (exact) mass is 424 g/mol. The van der Waals surface area contributed by atoms with E-state index in [0.29, 0.717) is 16.6 Å². The summed E-state index contributed by atoms with van der Waals surface area (Å²) in [6.07, 6.45) is 0.647. The summed E-state index contributed by atoms with van der Waals surface area (Å²) in [7, 11) is 0. The summed E-state index contributed by atoms with van der Waals surface area (Å²) in [5.74, 6) is -1.06. The van der Waals surface area contributed by atoms with Gasteiger partial charge in [0, 0.05) is 13.1 Å². The topological polar surface area (TPSA) is 49.4 Å². The minimum absolute atomic E-state index is 0.139. The van der Waals surface area contributed by atoms with Crippen molar-refractivity contribution < 1.29 is 14.0 Å². The maximum atomic E-state index is 14.0. The Bertz CT molecular complexity index is 845. The molecule has 2 rings (SSSR count). The molecular formula is C21H23Cl2FN2O2. The van der Waals surface area contributed by atoms with Crippen molar-refractivity contribution in [3.8, 4) is 0 Å². The number of halogens is 3. The van der Waals surface area contributed by atoms with Gasteiger partial charge in [0.05, 0.1) is 16.5 Å². The predicted octanol–water partition coefficient (Wildman–Crippen LogP) is 4.62. The molecule has 0 heterocycles. The van der Waals surface area contributed by atoms with Gasteiger partial charge in [-0.05, 0) is 42.7 Å². The summed E-state index contributed by atoms with van der Waals surface area (Å²) in [6.45, 7) is 4.28. The second-order valence-electron chi connectivity index (χ2n) is 6.51. The second kappa shape index (κ2) is 10.4. The highest BCUT2D eigenvalue weighted by Gasteiger charge is 2.26. The number of carbonyl (C=O) groups is 2. The van der Waals surface area contributed by atoms with Crippen LogP contribution < -0.4 is 5.32 Å². The summed E-state index contributed by atoms with van der Waals surface area (Å²) >= 11 is 12.0. The lowest BCUT2D eigenvalue weighted by molar-refractivity contribution is -0.140. The molecule has 0 fully saturated rings. The van der Waals surface area contributed by atoms with Crippen molar-refractivity contribution in [2.75, 3.05) is 6.54 Å². The average Bonchev–Trinajstić information content (AvgIpc) is 2.68. The molecule has 0 bridgehead atoms. The fourth-order valence-electron chi connectivity index (χ4n) is 2.72. The Balaban J connectivity index is 2.26. The molecule has 2 aromatic carbocycles. The van der Waals surface area contributed by atoms with Gasteiger partial charge in [0.2, 0.25) is 11.8 Å². The third-order valence-electron chi connectivity index (χ3n) is 4.35. The Morgan fingerprint density at radius 1 is 1.14 bits per heavy atom. The number of hydrogen-bond donors (Lipinski definition) is 1. The Morgan fingerprint density at radius 3 is 2.50 bits per heavy atom. The first-order valence-electron chi connectivity index (χ1n) is 9.08. The molecule has 0 unspecified atom stereocenters. The third kappa shape index (κ3) is 5.94. The zero-order valence-corrected chi connectivity index (χ0v) is 17.4. The molecule has 0 aliphatic rings. The molecule has 2 aromatic rings. The minimum Gasteiger partial charge on any atom is -0.354 e. The third-order valence-corrected chi connectivity index (χ3v) is 5.09. The van der Waals surface area contributed by atoms with Gasteiger partial charge in [0.25, 0.3) is 0 Å². The number of nitrogens with zero attached hydrogens (tertiary/aromatic N) is 1. The van der Waals surface area contributed by atoms with E-state index in [0.717, 1.165) is 12.0 Å². The maximum Gasteiger partial charge on any atom is 0.242 e. The van der Waals surface area contributed by atoms with E-state index in [1.54, 1.807) is 43.3 Å². The Hall–Kier alpha value is -2.11. The SMILES string of the molecule is CCCNC(=O)[C@H](C)N(Cc1ccc(Cl)c(Cl)c1)C(=O)Cc1ccccc1F. The molecule has 0 aliphatic heterocycles. The molecule has 150 valence electrons. The van der Waals surface area contributed by atoms with Crippen LogP contribution in [-0.2, 0) is 22.6 Å². The van der Waals surface area contributed by atoms with Crippen molar-refractivity contribution in [2.24, 2.45) is 0 Å². The Labute approximate surface area is 174 Å². The highest BCUT2D eigenvalue weighted by molar-refractivity contribution is 6.42. The highest BCUT2D eigenvalue weighted by Crippen LogP contribution is 2.24. The first-order chi connectivity index (χ1) is 13.3. The maximum absolute atomic E-state index is 14.0. The summed E-state index contributed by atoms with van der Waals surface area (Å²) in [5.41, 5.74) is 1.01. The second-order valence-corrected chi connectivity index (χ2v) is 7.32. The quantitative estimate of drug-likeness (QED) is 0.671. The molecule has 4 nitrogen and oxygen atoms in total. The van der Waals surface area contributed by atoms with Crippen LogP contribution in [0.5, 0.6) is 0 Å². The van der Waals surface area contributed by atoms with Crippen LogP contribution in [0.1, 0.15) is 31.4 Å². The van der Waals surface area contributed by atoms with Gasteiger partial charge in [0.1, 0.15) is 11.9 Å². The summed E-state index contributed by atoms with van der Waals surface area (Å²) < 4.78 is 14.0. The first-order valence-corrected chi connectivity index (χ1v) is 9.83. The van der Waals surface area contributed by atoms with Gasteiger partial charge in [-0.15, -0.1) is 0 Å². The van der Waals surface area contributed by atoms with Crippen LogP contribution in [0.2, 0.25) is 10.0 Å². The van der Waals surface area contributed by atoms with Crippen LogP contribution in [0.15, 0.2) is 42.5 Å². The molecule has 7 heteroatoms. The van der Waals surface area contributed by atoms with Crippen molar-refractivity contribution in [1.29, 1.82) is 0 Å². The molecule has 0 spiro atoms. The average molecular weight is 425 g/mol. The molecule has 1 N–H and O–H groups in total. The van der Waals surface area contributed by atoms with Crippen molar-refractivity contribution in [3.63, 3.8) is 0 Å². The minimum atomic E-state index is -0.722. The van der Waals surface area contributed by atoms with Crippen LogP contribution in [0.25, 0.3) is 0 Å². The van der Waals surface area contributed by atoms with E-state index in [-0.39, 0.29) is 30.3 Å². The lowest BCUT2D eigenvalue weighted by atomic mass is 10.1. The van der Waals surface area contributed by atoms with Crippen molar-refractivity contribution in [3.05, 3.63) is 69.5 Å². The van der Waals surface area contributed by atoms with Gasteiger partial charge < -0.3 is 10.2 Å². The number of rotatable bonds is 8. The molecule has 0 radical (unpaired) electrons. The van der Waals surface area contributed by atoms with E-state index < -0.39 is 11.9 Å². The van der Waals surface area contributed by atoms with E-state index in [4.69, 9.17) is 23.2 Å². The standard InChI is InChI=1S/C21H23Cl2FN2O2/c1-3-10-25-21(28)14(2)26(13-15-8-9-17(22)18(23)11-15)20(27)12-16-6-4-5-7-19(16)24/h4-9,11,14H,3,10,12-13H2,1-2H3,(H,25,28)/t14-/m0/s1. The van der Waals surface area contributed by atoms with Crippen molar-refractivity contribution in [1.82, 2.24) is 10.2 Å². The predicted molar refractivity (Wildman–Crippen MR) is 110 cm³/mol. The number of hydrogen-bond acceptors (Lipinski definition) is 2. The van der Waals surface area contributed by atoms with E-state index in [2.05, 4.69) is 5.32 Å². The van der Waals surface area contributed by atoms with Crippen molar-refractivity contribution >= 4 is 35.0 Å². The molecule has 2 amide bonds. The summed E-state index contributed by atoms with van der Waals surface area (Å²) in [5, 5.41) is 3.57. The van der Waals surface area contributed by atoms with E-state index >= 15 is 0 Å². The normalized spacial score (nSPS) is 11.8. The lowest BCUT2D eigenvalue weighted by Crippen LogP contribution is -2.48. The van der Waals surface area contributed by atoms with E-state index in [1.165, 1.54) is 11.0 Å². The van der Waals surface area contributed by atoms with Gasteiger partial charge in [-0.25, -0.2) is 4.39 Å². The van der Waals surface area contributed by atoms with Gasteiger partial charge in [-0.3, -0.25) is 9.59 Å². The first kappa shape index (κ1) is 22.2. The van der Waals surface area contributed by atoms with Crippen LogP contribution in [0.3, 0.4) is 0 Å². The zero-order chi connectivity index (χ0) is 20.7. The Kier molecular flexibility index (Phi) is 8.27. The summed E-state index contributed by atoms with van der Waals surface area (Å²) in [4.78, 5) is 26.8. The molecule has 0 aliphatic carbocycles. The highest BCUT2D eigenvalue weighted by atomic mass is 35.5. The van der Waals surface area contributed by atoms with Crippen LogP contribution >= 0.6 is 23.2 Å². The van der Waals surface area contributed by atoms with E-state index in [9.17, 15) is 14.0 Å².